The zero-order valence-electron chi connectivity index (χ0n) is 20.0. The van der Waals surface area contributed by atoms with Crippen LogP contribution in [0.3, 0.4) is 0 Å². The van der Waals surface area contributed by atoms with Gasteiger partial charge in [0, 0.05) is 18.2 Å². The summed E-state index contributed by atoms with van der Waals surface area (Å²) in [6, 6.07) is 9.47. The van der Waals surface area contributed by atoms with Crippen LogP contribution in [-0.4, -0.2) is 55.7 Å². The largest absolute Gasteiger partial charge is 0.490 e. The SMILES string of the molecule is CCOc1ccc(NC(=O)CN2C(=O)N[C@](C)(c3ccc4c(c3)OCCCO4)C2=O)cc1OCC. The van der Waals surface area contributed by atoms with Crippen molar-refractivity contribution in [2.75, 3.05) is 38.3 Å². The van der Waals surface area contributed by atoms with Gasteiger partial charge in [0.1, 0.15) is 12.1 Å². The maximum Gasteiger partial charge on any atom is 0.325 e. The molecule has 1 fully saturated rings. The van der Waals surface area contributed by atoms with Crippen molar-refractivity contribution in [1.82, 2.24) is 10.2 Å². The number of ether oxygens (including phenoxy) is 4. The van der Waals surface area contributed by atoms with E-state index >= 15 is 0 Å². The molecule has 0 saturated carbocycles. The molecule has 2 heterocycles. The number of urea groups is 1. The Kier molecular flexibility index (Phi) is 6.99. The number of benzene rings is 2. The topological polar surface area (TPSA) is 115 Å². The molecule has 2 aromatic rings. The van der Waals surface area contributed by atoms with Crippen molar-refractivity contribution >= 4 is 23.5 Å². The van der Waals surface area contributed by atoms with Crippen LogP contribution >= 0.6 is 0 Å². The van der Waals surface area contributed by atoms with Crippen molar-refractivity contribution < 1.29 is 33.3 Å². The van der Waals surface area contributed by atoms with Gasteiger partial charge in [0.25, 0.3) is 5.91 Å². The van der Waals surface area contributed by atoms with Crippen LogP contribution in [0.1, 0.15) is 32.8 Å². The molecule has 0 aromatic heterocycles. The number of carbonyl (C=O) groups is 3. The molecular weight excluding hydrogens is 454 g/mol. The van der Waals surface area contributed by atoms with Gasteiger partial charge < -0.3 is 29.6 Å². The van der Waals surface area contributed by atoms with Gasteiger partial charge in [-0.2, -0.15) is 0 Å². The van der Waals surface area contributed by atoms with Gasteiger partial charge in [-0.25, -0.2) is 4.79 Å². The van der Waals surface area contributed by atoms with Crippen LogP contribution in [-0.2, 0) is 15.1 Å². The van der Waals surface area contributed by atoms with E-state index in [1.165, 1.54) is 0 Å². The van der Waals surface area contributed by atoms with Gasteiger partial charge in [0.2, 0.25) is 5.91 Å². The average Bonchev–Trinajstić information content (AvgIpc) is 2.99. The number of hydrogen-bond acceptors (Lipinski definition) is 7. The van der Waals surface area contributed by atoms with Crippen LogP contribution in [0.15, 0.2) is 36.4 Å². The van der Waals surface area contributed by atoms with Crippen molar-refractivity contribution in [3.8, 4) is 23.0 Å². The van der Waals surface area contributed by atoms with Gasteiger partial charge in [0.05, 0.1) is 26.4 Å². The number of rotatable bonds is 8. The number of anilines is 1. The van der Waals surface area contributed by atoms with Crippen molar-refractivity contribution in [3.05, 3.63) is 42.0 Å². The summed E-state index contributed by atoms with van der Waals surface area (Å²) in [5, 5.41) is 5.42. The first kappa shape index (κ1) is 24.2. The number of carbonyl (C=O) groups excluding carboxylic acids is 3. The summed E-state index contributed by atoms with van der Waals surface area (Å²) in [6.07, 6.45) is 0.750. The standard InChI is InChI=1S/C25H29N3O7/c1-4-32-18-10-8-17(14-21(18)33-5-2)26-22(29)15-28-23(30)25(3,27-24(28)31)16-7-9-19-20(13-16)35-12-6-11-34-19/h7-10,13-14H,4-6,11-12,15H2,1-3H3,(H,26,29)(H,27,31)/t25-/m1/s1. The Hall–Kier alpha value is -3.95. The van der Waals surface area contributed by atoms with E-state index < -0.39 is 29.9 Å². The highest BCUT2D eigenvalue weighted by atomic mass is 16.5. The van der Waals surface area contributed by atoms with Gasteiger partial charge in [0.15, 0.2) is 23.0 Å². The minimum absolute atomic E-state index is 0.429. The van der Waals surface area contributed by atoms with Crippen LogP contribution < -0.4 is 29.6 Å². The molecule has 0 bridgehead atoms. The highest BCUT2D eigenvalue weighted by Gasteiger charge is 2.49. The van der Waals surface area contributed by atoms with Gasteiger partial charge in [-0.15, -0.1) is 0 Å². The summed E-state index contributed by atoms with van der Waals surface area (Å²) in [5.74, 6) is 1.10. The monoisotopic (exact) mass is 483 g/mol. The smallest absolute Gasteiger partial charge is 0.325 e. The van der Waals surface area contributed by atoms with Gasteiger partial charge in [-0.1, -0.05) is 6.07 Å². The molecule has 2 N–H and O–H groups in total. The Morgan fingerprint density at radius 3 is 2.49 bits per heavy atom. The van der Waals surface area contributed by atoms with Crippen LogP contribution in [0.4, 0.5) is 10.5 Å². The molecular formula is C25H29N3O7. The van der Waals surface area contributed by atoms with Crippen LogP contribution in [0.25, 0.3) is 0 Å². The lowest BCUT2D eigenvalue weighted by atomic mass is 9.91. The van der Waals surface area contributed by atoms with E-state index in [9.17, 15) is 14.4 Å². The summed E-state index contributed by atoms with van der Waals surface area (Å²) in [5.41, 5.74) is -0.348. The zero-order valence-corrected chi connectivity index (χ0v) is 20.0. The molecule has 35 heavy (non-hydrogen) atoms. The maximum absolute atomic E-state index is 13.3. The summed E-state index contributed by atoms with van der Waals surface area (Å²) in [4.78, 5) is 39.6. The minimum atomic E-state index is -1.34. The molecule has 4 amide bonds. The maximum atomic E-state index is 13.3. The van der Waals surface area contributed by atoms with E-state index in [1.54, 1.807) is 43.3 Å². The Labute approximate surface area is 203 Å². The van der Waals surface area contributed by atoms with Crippen molar-refractivity contribution in [2.45, 2.75) is 32.7 Å². The summed E-state index contributed by atoms with van der Waals surface area (Å²) in [6.45, 7) is 6.81. The zero-order chi connectivity index (χ0) is 25.0. The lowest BCUT2D eigenvalue weighted by molar-refractivity contribution is -0.133. The predicted octanol–water partition coefficient (Wildman–Crippen LogP) is 3.05. The van der Waals surface area contributed by atoms with Crippen LogP contribution in [0, 0.1) is 0 Å². The molecule has 1 saturated heterocycles. The molecule has 10 nitrogen and oxygen atoms in total. The van der Waals surface area contributed by atoms with Gasteiger partial charge in [-0.05, 0) is 50.6 Å². The first-order valence-electron chi connectivity index (χ1n) is 11.6. The normalized spacial score (nSPS) is 19.1. The summed E-state index contributed by atoms with van der Waals surface area (Å²) < 4.78 is 22.5. The van der Waals surface area contributed by atoms with E-state index in [0.717, 1.165) is 11.3 Å². The third kappa shape index (κ3) is 4.96. The van der Waals surface area contributed by atoms with E-state index in [0.29, 0.717) is 60.7 Å². The number of imide groups is 1. The fraction of sp³-hybridized carbons (Fsp3) is 0.400. The second-order valence-electron chi connectivity index (χ2n) is 8.23. The van der Waals surface area contributed by atoms with Gasteiger partial charge >= 0.3 is 6.03 Å². The second kappa shape index (κ2) is 10.1. The van der Waals surface area contributed by atoms with E-state index in [4.69, 9.17) is 18.9 Å². The molecule has 0 spiro atoms. The van der Waals surface area contributed by atoms with E-state index in [2.05, 4.69) is 10.6 Å². The second-order valence-corrected chi connectivity index (χ2v) is 8.23. The molecule has 1 atom stereocenters. The lowest BCUT2D eigenvalue weighted by Gasteiger charge is -2.23. The Balaban J connectivity index is 1.47. The average molecular weight is 484 g/mol. The summed E-state index contributed by atoms with van der Waals surface area (Å²) in [7, 11) is 0. The number of nitrogens with one attached hydrogen (secondary N) is 2. The number of hydrogen-bond donors (Lipinski definition) is 2. The summed E-state index contributed by atoms with van der Waals surface area (Å²) >= 11 is 0. The third-order valence-electron chi connectivity index (χ3n) is 5.73. The van der Waals surface area contributed by atoms with Crippen LogP contribution in [0.2, 0.25) is 0 Å². The molecule has 2 aliphatic rings. The minimum Gasteiger partial charge on any atom is -0.490 e. The highest BCUT2D eigenvalue weighted by molar-refractivity contribution is 6.10. The highest BCUT2D eigenvalue weighted by Crippen LogP contribution is 2.37. The Morgan fingerprint density at radius 2 is 1.74 bits per heavy atom. The van der Waals surface area contributed by atoms with Crippen molar-refractivity contribution in [3.63, 3.8) is 0 Å². The van der Waals surface area contributed by atoms with Crippen molar-refractivity contribution in [1.29, 1.82) is 0 Å². The molecule has 2 aliphatic heterocycles. The molecule has 186 valence electrons. The van der Waals surface area contributed by atoms with Gasteiger partial charge in [-0.3, -0.25) is 14.5 Å². The Morgan fingerprint density at radius 1 is 1.03 bits per heavy atom. The lowest BCUT2D eigenvalue weighted by Crippen LogP contribution is -2.42. The molecule has 4 rings (SSSR count). The number of amides is 4. The first-order valence-corrected chi connectivity index (χ1v) is 11.6. The third-order valence-corrected chi connectivity index (χ3v) is 5.73. The molecule has 0 unspecified atom stereocenters. The molecule has 0 aliphatic carbocycles. The van der Waals surface area contributed by atoms with Crippen LogP contribution in [0.5, 0.6) is 23.0 Å². The van der Waals surface area contributed by atoms with Crippen molar-refractivity contribution in [2.24, 2.45) is 0 Å². The molecule has 0 radical (unpaired) electrons. The van der Waals surface area contributed by atoms with E-state index in [-0.39, 0.29) is 0 Å². The fourth-order valence-corrected chi connectivity index (χ4v) is 3.98. The molecule has 2 aromatic carbocycles. The number of fused-ring (bicyclic) bond motifs is 1. The molecule has 10 heteroatoms. The first-order chi connectivity index (χ1) is 16.9. The Bertz CT molecular complexity index is 1140. The predicted molar refractivity (Wildman–Crippen MR) is 127 cm³/mol. The van der Waals surface area contributed by atoms with E-state index in [1.807, 2.05) is 13.8 Å². The fourth-order valence-electron chi connectivity index (χ4n) is 3.98. The number of nitrogens with zero attached hydrogens (tertiary/aromatic N) is 1. The quantitative estimate of drug-likeness (QED) is 0.555.